The van der Waals surface area contributed by atoms with Crippen LogP contribution in [0.1, 0.15) is 68.8 Å². The number of likely N-dealkylation sites (tertiary alicyclic amines) is 1. The highest BCUT2D eigenvalue weighted by Crippen LogP contribution is 2.33. The highest BCUT2D eigenvalue weighted by Gasteiger charge is 2.40. The van der Waals surface area contributed by atoms with Crippen LogP contribution in [-0.4, -0.2) is 95.9 Å². The van der Waals surface area contributed by atoms with Crippen molar-refractivity contribution < 1.29 is 23.5 Å². The minimum absolute atomic E-state index is 0.0243. The molecule has 2 saturated heterocycles. The van der Waals surface area contributed by atoms with Crippen molar-refractivity contribution >= 4 is 58.0 Å². The van der Waals surface area contributed by atoms with Gasteiger partial charge in [0.25, 0.3) is 5.91 Å². The van der Waals surface area contributed by atoms with Crippen molar-refractivity contribution in [1.29, 1.82) is 0 Å². The van der Waals surface area contributed by atoms with Gasteiger partial charge in [-0.1, -0.05) is 41.4 Å². The van der Waals surface area contributed by atoms with Crippen molar-refractivity contribution in [1.82, 2.24) is 14.7 Å². The number of carbonyl (C=O) groups is 3. The Balaban J connectivity index is 1.13. The van der Waals surface area contributed by atoms with Crippen LogP contribution in [0.25, 0.3) is 11.0 Å². The number of furan rings is 1. The van der Waals surface area contributed by atoms with Crippen molar-refractivity contribution in [2.45, 2.75) is 83.0 Å². The van der Waals surface area contributed by atoms with Gasteiger partial charge in [0.15, 0.2) is 0 Å². The molecule has 258 valence electrons. The average molecular weight is 698 g/mol. The molecule has 3 fully saturated rings. The Bertz CT molecular complexity index is 1620. The molecule has 2 amide bonds. The van der Waals surface area contributed by atoms with Gasteiger partial charge in [-0.25, -0.2) is 0 Å². The number of benzene rings is 2. The van der Waals surface area contributed by atoms with Gasteiger partial charge in [0.1, 0.15) is 18.1 Å². The largest absolute Gasteiger partial charge is 0.463 e. The summed E-state index contributed by atoms with van der Waals surface area (Å²) in [7, 11) is 0. The van der Waals surface area contributed by atoms with Crippen LogP contribution in [0.5, 0.6) is 0 Å². The first kappa shape index (κ1) is 34.9. The van der Waals surface area contributed by atoms with Crippen molar-refractivity contribution in [3.63, 3.8) is 0 Å². The number of halogens is 2. The van der Waals surface area contributed by atoms with E-state index in [1.54, 1.807) is 18.2 Å². The second-order valence-corrected chi connectivity index (χ2v) is 15.3. The minimum atomic E-state index is -0.365. The molecule has 3 aliphatic rings. The second kappa shape index (κ2) is 14.9. The van der Waals surface area contributed by atoms with E-state index < -0.39 is 0 Å². The predicted octanol–water partition coefficient (Wildman–Crippen LogP) is 6.69. The molecule has 3 aromatic rings. The number of anilines is 1. The van der Waals surface area contributed by atoms with Gasteiger partial charge in [-0.05, 0) is 76.6 Å². The molecule has 2 atom stereocenters. The Morgan fingerprint density at radius 2 is 1.75 bits per heavy atom. The molecule has 1 aliphatic carbocycles. The maximum atomic E-state index is 14.0. The van der Waals surface area contributed by atoms with E-state index in [-0.39, 0.29) is 47.9 Å². The monoisotopic (exact) mass is 696 g/mol. The van der Waals surface area contributed by atoms with Crippen LogP contribution in [0.4, 0.5) is 5.69 Å². The third-order valence-electron chi connectivity index (χ3n) is 10.4. The zero-order valence-corrected chi connectivity index (χ0v) is 29.6. The van der Waals surface area contributed by atoms with Crippen molar-refractivity contribution in [2.75, 3.05) is 44.6 Å². The highest BCUT2D eigenvalue weighted by molar-refractivity contribution is 6.36. The molecule has 48 heavy (non-hydrogen) atoms. The van der Waals surface area contributed by atoms with Crippen LogP contribution in [0.3, 0.4) is 0 Å². The molecule has 1 aromatic heterocycles. The standard InChI is InChI=1S/C37H46Cl2N4O5/c1-37(2,3)42-14-12-41(13-15-42)26-18-27(22-47-28-10-8-24(21-44)9-11-28)43(20-26)35(45)17-25-16-32(39)33(19-31(25)38)40-36(46)30-23-48-34-7-5-4-6-29(30)34/h4-7,16,19,21,23-24,26-28H,8-15,17-18,20,22H2,1-3H3,(H,40,46)/t24-,26-,27-,28-/m0/s1. The van der Waals surface area contributed by atoms with Crippen LogP contribution in [-0.2, 0) is 20.7 Å². The third-order valence-corrected chi connectivity index (χ3v) is 11.0. The van der Waals surface area contributed by atoms with Crippen molar-refractivity contribution in [3.05, 3.63) is 63.8 Å². The van der Waals surface area contributed by atoms with E-state index in [1.165, 1.54) is 6.26 Å². The summed E-state index contributed by atoms with van der Waals surface area (Å²) in [4.78, 5) is 45.4. The zero-order valence-electron chi connectivity index (χ0n) is 28.1. The summed E-state index contributed by atoms with van der Waals surface area (Å²) in [5.74, 6) is -0.258. The lowest BCUT2D eigenvalue weighted by molar-refractivity contribution is -0.133. The summed E-state index contributed by atoms with van der Waals surface area (Å²) in [6.07, 6.45) is 7.00. The number of para-hydroxylation sites is 1. The molecule has 0 bridgehead atoms. The van der Waals surface area contributed by atoms with E-state index in [0.717, 1.165) is 64.6 Å². The molecular weight excluding hydrogens is 651 g/mol. The van der Waals surface area contributed by atoms with E-state index in [2.05, 4.69) is 35.9 Å². The molecule has 0 spiro atoms. The number of carbonyl (C=O) groups excluding carboxylic acids is 3. The van der Waals surface area contributed by atoms with E-state index in [4.69, 9.17) is 32.4 Å². The van der Waals surface area contributed by atoms with Gasteiger partial charge in [0.05, 0.1) is 41.4 Å². The molecule has 0 radical (unpaired) electrons. The molecule has 11 heteroatoms. The lowest BCUT2D eigenvalue weighted by Gasteiger charge is -2.44. The summed E-state index contributed by atoms with van der Waals surface area (Å²) in [6, 6.07) is 10.8. The quantitative estimate of drug-likeness (QED) is 0.249. The van der Waals surface area contributed by atoms with E-state index in [9.17, 15) is 14.4 Å². The molecule has 3 heterocycles. The maximum absolute atomic E-state index is 14.0. The van der Waals surface area contributed by atoms with Gasteiger partial charge < -0.3 is 24.2 Å². The highest BCUT2D eigenvalue weighted by atomic mass is 35.5. The molecule has 9 nitrogen and oxygen atoms in total. The first-order valence-corrected chi connectivity index (χ1v) is 17.9. The van der Waals surface area contributed by atoms with Crippen molar-refractivity contribution in [2.24, 2.45) is 5.92 Å². The van der Waals surface area contributed by atoms with Crippen LogP contribution >= 0.6 is 23.2 Å². The van der Waals surface area contributed by atoms with E-state index in [0.29, 0.717) is 51.0 Å². The Hall–Kier alpha value is -2.95. The van der Waals surface area contributed by atoms with Gasteiger partial charge in [0, 0.05) is 60.6 Å². The smallest absolute Gasteiger partial charge is 0.259 e. The Kier molecular flexibility index (Phi) is 10.8. The molecule has 2 aliphatic heterocycles. The van der Waals surface area contributed by atoms with Gasteiger partial charge in [0.2, 0.25) is 5.91 Å². The first-order valence-electron chi connectivity index (χ1n) is 17.1. The fourth-order valence-corrected chi connectivity index (χ4v) is 7.91. The first-order chi connectivity index (χ1) is 23.0. The topological polar surface area (TPSA) is 95.3 Å². The van der Waals surface area contributed by atoms with Crippen LogP contribution in [0, 0.1) is 5.92 Å². The summed E-state index contributed by atoms with van der Waals surface area (Å²) in [5, 5.41) is 4.19. The fraction of sp³-hybridized carbons (Fsp3) is 0.541. The molecule has 2 aromatic carbocycles. The molecular formula is C37H46Cl2N4O5. The average Bonchev–Trinajstić information content (AvgIpc) is 3.71. The lowest BCUT2D eigenvalue weighted by Crippen LogP contribution is -2.56. The summed E-state index contributed by atoms with van der Waals surface area (Å²) in [5.41, 5.74) is 2.11. The van der Waals surface area contributed by atoms with Crippen LogP contribution in [0.15, 0.2) is 47.1 Å². The van der Waals surface area contributed by atoms with Crippen LogP contribution in [0.2, 0.25) is 10.0 Å². The molecule has 0 unspecified atom stereocenters. The Morgan fingerprint density at radius 1 is 1.02 bits per heavy atom. The molecule has 6 rings (SSSR count). The van der Waals surface area contributed by atoms with Gasteiger partial charge in [-0.15, -0.1) is 0 Å². The maximum Gasteiger partial charge on any atom is 0.259 e. The molecule has 1 N–H and O–H groups in total. The summed E-state index contributed by atoms with van der Waals surface area (Å²) >= 11 is 13.4. The van der Waals surface area contributed by atoms with Gasteiger partial charge >= 0.3 is 0 Å². The number of hydrogen-bond donors (Lipinski definition) is 1. The van der Waals surface area contributed by atoms with Gasteiger partial charge in [-0.3, -0.25) is 19.4 Å². The van der Waals surface area contributed by atoms with E-state index in [1.807, 2.05) is 23.1 Å². The summed E-state index contributed by atoms with van der Waals surface area (Å²) in [6.45, 7) is 11.8. The second-order valence-electron chi connectivity index (χ2n) is 14.5. The number of amides is 2. The minimum Gasteiger partial charge on any atom is -0.463 e. The van der Waals surface area contributed by atoms with Crippen molar-refractivity contribution in [3.8, 4) is 0 Å². The fourth-order valence-electron chi connectivity index (χ4n) is 7.44. The summed E-state index contributed by atoms with van der Waals surface area (Å²) < 4.78 is 11.9. The number of rotatable bonds is 9. The lowest BCUT2D eigenvalue weighted by atomic mass is 9.88. The number of ether oxygens (including phenoxy) is 1. The zero-order chi connectivity index (χ0) is 34.0. The number of nitrogens with one attached hydrogen (secondary N) is 1. The number of hydrogen-bond acceptors (Lipinski definition) is 7. The number of aldehydes is 1. The van der Waals surface area contributed by atoms with Gasteiger partial charge in [-0.2, -0.15) is 0 Å². The Labute approximate surface area is 292 Å². The number of piperazine rings is 1. The van der Waals surface area contributed by atoms with Crippen LogP contribution < -0.4 is 5.32 Å². The third kappa shape index (κ3) is 7.92. The Morgan fingerprint density at radius 3 is 2.46 bits per heavy atom. The number of nitrogens with zero attached hydrogens (tertiary/aromatic N) is 3. The SMILES string of the molecule is CC(C)(C)N1CCN([C@H]2C[C@@H](CO[C@H]3CC[C@H](C=O)CC3)N(C(=O)Cc3cc(Cl)c(NC(=O)c4coc5ccccc45)cc3Cl)C2)CC1. The normalized spacial score (nSPS) is 24.2. The predicted molar refractivity (Wildman–Crippen MR) is 189 cm³/mol. The van der Waals surface area contributed by atoms with E-state index >= 15 is 0 Å². The number of fused-ring (bicyclic) bond motifs is 1. The molecule has 1 saturated carbocycles.